The van der Waals surface area contributed by atoms with E-state index < -0.39 is 52.9 Å². The molecule has 11 nitrogen and oxygen atoms in total. The number of carbonyl (C=O) groups excluding carboxylic acids is 4. The van der Waals surface area contributed by atoms with Crippen molar-refractivity contribution in [2.24, 2.45) is 5.73 Å². The number of likely N-dealkylation sites (tertiary alicyclic amines) is 1. The van der Waals surface area contributed by atoms with E-state index in [4.69, 9.17) is 10.5 Å². The number of carbonyl (C=O) groups is 5. The number of benzene rings is 1. The molecule has 4 amide bonds. The van der Waals surface area contributed by atoms with Gasteiger partial charge in [0.25, 0.3) is 0 Å². The topological polar surface area (TPSA) is 168 Å². The molecule has 36 heavy (non-hydrogen) atoms. The number of hydrogen-bond donors (Lipinski definition) is 4. The second-order valence-corrected chi connectivity index (χ2v) is 10.0. The van der Waals surface area contributed by atoms with Gasteiger partial charge in [0.2, 0.25) is 17.7 Å². The van der Waals surface area contributed by atoms with E-state index in [1.54, 1.807) is 25.7 Å². The lowest BCUT2D eigenvalue weighted by Gasteiger charge is -2.41. The minimum atomic E-state index is -1.32. The summed E-state index contributed by atoms with van der Waals surface area (Å²) in [6.07, 6.45) is -0.193. The molecule has 1 aromatic carbocycles. The summed E-state index contributed by atoms with van der Waals surface area (Å²) >= 11 is 0. The van der Waals surface area contributed by atoms with Crippen molar-refractivity contribution >= 4 is 29.8 Å². The number of piperidine rings is 1. The fraction of sp³-hybridized carbons (Fsp3) is 0.560. The summed E-state index contributed by atoms with van der Waals surface area (Å²) in [7, 11) is 0. The van der Waals surface area contributed by atoms with Crippen molar-refractivity contribution in [2.75, 3.05) is 13.1 Å². The van der Waals surface area contributed by atoms with Crippen molar-refractivity contribution in [3.63, 3.8) is 0 Å². The van der Waals surface area contributed by atoms with Crippen LogP contribution in [0.5, 0.6) is 0 Å². The predicted molar refractivity (Wildman–Crippen MR) is 131 cm³/mol. The van der Waals surface area contributed by atoms with Crippen LogP contribution in [0.3, 0.4) is 0 Å². The van der Waals surface area contributed by atoms with E-state index in [1.807, 2.05) is 30.3 Å². The molecule has 0 saturated carbocycles. The van der Waals surface area contributed by atoms with Crippen LogP contribution in [0.25, 0.3) is 0 Å². The lowest BCUT2D eigenvalue weighted by Crippen LogP contribution is -2.57. The third-order valence-corrected chi connectivity index (χ3v) is 6.06. The summed E-state index contributed by atoms with van der Waals surface area (Å²) in [6.45, 7) is 7.37. The van der Waals surface area contributed by atoms with Crippen LogP contribution in [0, 0.1) is 0 Å². The lowest BCUT2D eigenvalue weighted by atomic mass is 9.72. The molecule has 198 valence electrons. The fourth-order valence-corrected chi connectivity index (χ4v) is 4.04. The van der Waals surface area contributed by atoms with Gasteiger partial charge in [0.05, 0.1) is 5.41 Å². The molecule has 2 unspecified atom stereocenters. The summed E-state index contributed by atoms with van der Waals surface area (Å²) < 4.78 is 5.46. The maximum atomic E-state index is 13.6. The smallest absolute Gasteiger partial charge is 0.410 e. The molecule has 1 aromatic rings. The van der Waals surface area contributed by atoms with Crippen molar-refractivity contribution < 1.29 is 33.8 Å². The Hall–Kier alpha value is -3.63. The zero-order valence-electron chi connectivity index (χ0n) is 21.2. The molecule has 1 aliphatic rings. The maximum absolute atomic E-state index is 13.6. The van der Waals surface area contributed by atoms with Crippen LogP contribution < -0.4 is 16.4 Å². The fourth-order valence-electron chi connectivity index (χ4n) is 4.04. The van der Waals surface area contributed by atoms with Gasteiger partial charge in [-0.25, -0.2) is 9.59 Å². The average molecular weight is 505 g/mol. The van der Waals surface area contributed by atoms with Gasteiger partial charge < -0.3 is 31.1 Å². The summed E-state index contributed by atoms with van der Waals surface area (Å²) in [5.74, 6) is -3.09. The van der Waals surface area contributed by atoms with E-state index >= 15 is 0 Å². The molecule has 1 heterocycles. The Morgan fingerprint density at radius 1 is 1.08 bits per heavy atom. The Labute approximate surface area is 210 Å². The minimum Gasteiger partial charge on any atom is -0.480 e. The molecule has 1 fully saturated rings. The highest BCUT2D eigenvalue weighted by molar-refractivity contribution is 5.94. The number of nitrogens with one attached hydrogen (secondary N) is 2. The second kappa shape index (κ2) is 11.9. The molecule has 0 aliphatic carbocycles. The Bertz CT molecular complexity index is 966. The predicted octanol–water partition coefficient (Wildman–Crippen LogP) is 1.29. The van der Waals surface area contributed by atoms with Gasteiger partial charge in [0, 0.05) is 19.5 Å². The first-order chi connectivity index (χ1) is 16.7. The Morgan fingerprint density at radius 3 is 2.17 bits per heavy atom. The van der Waals surface area contributed by atoms with Crippen LogP contribution in [-0.2, 0) is 29.3 Å². The zero-order chi connectivity index (χ0) is 27.1. The van der Waals surface area contributed by atoms with Crippen molar-refractivity contribution in [1.82, 2.24) is 15.5 Å². The third-order valence-electron chi connectivity index (χ3n) is 6.06. The highest BCUT2D eigenvalue weighted by Gasteiger charge is 2.45. The first-order valence-corrected chi connectivity index (χ1v) is 11.9. The molecule has 1 aliphatic heterocycles. The van der Waals surface area contributed by atoms with Crippen LogP contribution in [0.1, 0.15) is 58.9 Å². The molecule has 5 N–H and O–H groups in total. The standard InChI is InChI=1S/C25H36N4O7/c1-16(20(31)28-18(21(32)33)10-11-19(26)30)27-22(34)25(17-8-6-5-7-9-17)12-14-29(15-13-25)23(35)36-24(2,3)4/h5-9,16,18H,10-15H2,1-4H3,(H2,26,30)(H,27,34)(H,28,31)(H,32,33). The Balaban J connectivity index is 2.14. The van der Waals surface area contributed by atoms with Gasteiger partial charge in [0.15, 0.2) is 0 Å². The molecule has 1 saturated heterocycles. The molecule has 0 aromatic heterocycles. The van der Waals surface area contributed by atoms with Gasteiger partial charge >= 0.3 is 12.1 Å². The number of rotatable bonds is 9. The second-order valence-electron chi connectivity index (χ2n) is 10.0. The summed E-state index contributed by atoms with van der Waals surface area (Å²) in [6, 6.07) is 6.77. The van der Waals surface area contributed by atoms with Crippen LogP contribution in [-0.4, -0.2) is 70.6 Å². The van der Waals surface area contributed by atoms with Gasteiger partial charge in [-0.2, -0.15) is 0 Å². The number of aliphatic carboxylic acids is 1. The first kappa shape index (κ1) is 28.6. The summed E-state index contributed by atoms with van der Waals surface area (Å²) in [5, 5.41) is 14.4. The van der Waals surface area contributed by atoms with Crippen LogP contribution in [0.2, 0.25) is 0 Å². The number of amides is 4. The molecular weight excluding hydrogens is 468 g/mol. The molecule has 0 spiro atoms. The van der Waals surface area contributed by atoms with Crippen LogP contribution >= 0.6 is 0 Å². The van der Waals surface area contributed by atoms with E-state index in [-0.39, 0.29) is 25.9 Å². The number of carboxylic acid groups (broad SMARTS) is 1. The molecule has 0 radical (unpaired) electrons. The SMILES string of the molecule is CC(NC(=O)C1(c2ccccc2)CCN(C(=O)OC(C)(C)C)CC1)C(=O)NC(CCC(N)=O)C(=O)O. The minimum absolute atomic E-state index is 0.161. The van der Waals surface area contributed by atoms with E-state index in [1.165, 1.54) is 6.92 Å². The van der Waals surface area contributed by atoms with Gasteiger partial charge in [-0.05, 0) is 52.5 Å². The van der Waals surface area contributed by atoms with Crippen molar-refractivity contribution in [1.29, 1.82) is 0 Å². The lowest BCUT2D eigenvalue weighted by molar-refractivity contribution is -0.142. The zero-order valence-corrected chi connectivity index (χ0v) is 21.2. The molecule has 0 bridgehead atoms. The largest absolute Gasteiger partial charge is 0.480 e. The maximum Gasteiger partial charge on any atom is 0.410 e. The Morgan fingerprint density at radius 2 is 1.67 bits per heavy atom. The van der Waals surface area contributed by atoms with Crippen molar-refractivity contribution in [3.8, 4) is 0 Å². The number of carboxylic acids is 1. The number of ether oxygens (including phenoxy) is 1. The molecule has 2 atom stereocenters. The van der Waals surface area contributed by atoms with Gasteiger partial charge in [-0.3, -0.25) is 14.4 Å². The van der Waals surface area contributed by atoms with Gasteiger partial charge in [0.1, 0.15) is 17.7 Å². The van der Waals surface area contributed by atoms with E-state index in [9.17, 15) is 29.1 Å². The third kappa shape index (κ3) is 7.69. The average Bonchev–Trinajstić information content (AvgIpc) is 2.80. The number of primary amides is 1. The molecule has 2 rings (SSSR count). The summed E-state index contributed by atoms with van der Waals surface area (Å²) in [4.78, 5) is 62.8. The van der Waals surface area contributed by atoms with Crippen LogP contribution in [0.15, 0.2) is 30.3 Å². The highest BCUT2D eigenvalue weighted by atomic mass is 16.6. The summed E-state index contributed by atoms with van der Waals surface area (Å²) in [5.41, 5.74) is 4.19. The Kier molecular flexibility index (Phi) is 9.43. The van der Waals surface area contributed by atoms with Crippen molar-refractivity contribution in [2.45, 2.75) is 76.5 Å². The normalized spacial score (nSPS) is 16.8. The number of nitrogens with two attached hydrogens (primary N) is 1. The van der Waals surface area contributed by atoms with Crippen molar-refractivity contribution in [3.05, 3.63) is 35.9 Å². The quantitative estimate of drug-likeness (QED) is 0.393. The molecule has 11 heteroatoms. The van der Waals surface area contributed by atoms with E-state index in [0.29, 0.717) is 12.8 Å². The van der Waals surface area contributed by atoms with E-state index in [0.717, 1.165) is 5.56 Å². The molecular formula is C25H36N4O7. The van der Waals surface area contributed by atoms with E-state index in [2.05, 4.69) is 10.6 Å². The first-order valence-electron chi connectivity index (χ1n) is 11.9. The monoisotopic (exact) mass is 504 g/mol. The highest BCUT2D eigenvalue weighted by Crippen LogP contribution is 2.36. The van der Waals surface area contributed by atoms with Crippen LogP contribution in [0.4, 0.5) is 4.79 Å². The number of nitrogens with zero attached hydrogens (tertiary/aromatic N) is 1. The van der Waals surface area contributed by atoms with Gasteiger partial charge in [-0.1, -0.05) is 30.3 Å². The van der Waals surface area contributed by atoms with Gasteiger partial charge in [-0.15, -0.1) is 0 Å². The number of hydrogen-bond acceptors (Lipinski definition) is 6.